The van der Waals surface area contributed by atoms with E-state index in [0.717, 1.165) is 22.6 Å². The summed E-state index contributed by atoms with van der Waals surface area (Å²) in [5, 5.41) is 0. The molecule has 1 aliphatic rings. The quantitative estimate of drug-likeness (QED) is 0.851. The number of rotatable bonds is 5. The number of ether oxygens (including phenoxy) is 2. The van der Waals surface area contributed by atoms with Gasteiger partial charge in [-0.2, -0.15) is 0 Å². The largest absolute Gasteiger partial charge is 0.486 e. The highest BCUT2D eigenvalue weighted by atomic mass is 16.6. The lowest BCUT2D eigenvalue weighted by molar-refractivity contribution is -0.130. The number of hydrogen-bond donors (Lipinski definition) is 0. The summed E-state index contributed by atoms with van der Waals surface area (Å²) >= 11 is 0. The molecule has 0 radical (unpaired) electrons. The molecule has 3 rings (SSSR count). The molecule has 0 saturated carbocycles. The van der Waals surface area contributed by atoms with Gasteiger partial charge < -0.3 is 14.4 Å². The number of aromatic nitrogens is 1. The molecule has 120 valence electrons. The van der Waals surface area contributed by atoms with E-state index < -0.39 is 0 Å². The van der Waals surface area contributed by atoms with Crippen LogP contribution in [0.3, 0.4) is 0 Å². The van der Waals surface area contributed by atoms with Crippen LogP contribution in [-0.2, 0) is 17.8 Å². The van der Waals surface area contributed by atoms with Crippen LogP contribution in [-0.4, -0.2) is 36.1 Å². The van der Waals surface area contributed by atoms with Crippen molar-refractivity contribution in [2.24, 2.45) is 0 Å². The van der Waals surface area contributed by atoms with Gasteiger partial charge in [0.1, 0.15) is 13.2 Å². The number of nitrogens with zero attached hydrogens (tertiary/aromatic N) is 2. The van der Waals surface area contributed by atoms with E-state index in [0.29, 0.717) is 32.6 Å². The smallest absolute Gasteiger partial charge is 0.222 e. The Balaban J connectivity index is 1.55. The van der Waals surface area contributed by atoms with Gasteiger partial charge in [-0.15, -0.1) is 0 Å². The molecule has 1 aliphatic heterocycles. The molecular formula is C18H20N2O3. The number of carbonyl (C=O) groups excluding carboxylic acids is 1. The monoisotopic (exact) mass is 312 g/mol. The fraction of sp³-hybridized carbons (Fsp3) is 0.333. The first kappa shape index (κ1) is 15.3. The van der Waals surface area contributed by atoms with E-state index in [-0.39, 0.29) is 5.91 Å². The number of aryl methyl sites for hydroxylation is 1. The first-order chi connectivity index (χ1) is 11.2. The predicted octanol–water partition coefficient (Wildman–Crippen LogP) is 2.44. The third-order valence-corrected chi connectivity index (χ3v) is 3.80. The van der Waals surface area contributed by atoms with Crippen molar-refractivity contribution in [2.75, 3.05) is 20.3 Å². The highest BCUT2D eigenvalue weighted by Gasteiger charge is 2.14. The minimum absolute atomic E-state index is 0.115. The van der Waals surface area contributed by atoms with Gasteiger partial charge in [0, 0.05) is 32.4 Å². The second-order valence-corrected chi connectivity index (χ2v) is 5.59. The Morgan fingerprint density at radius 3 is 2.78 bits per heavy atom. The number of fused-ring (bicyclic) bond motifs is 1. The van der Waals surface area contributed by atoms with Gasteiger partial charge in [0.2, 0.25) is 5.91 Å². The number of carbonyl (C=O) groups is 1. The summed E-state index contributed by atoms with van der Waals surface area (Å²) in [5.74, 6) is 1.64. The fourth-order valence-corrected chi connectivity index (χ4v) is 2.54. The highest BCUT2D eigenvalue weighted by Crippen LogP contribution is 2.31. The first-order valence-corrected chi connectivity index (χ1v) is 7.74. The zero-order chi connectivity index (χ0) is 16.1. The molecule has 1 amide bonds. The summed E-state index contributed by atoms with van der Waals surface area (Å²) < 4.78 is 11.1. The fourth-order valence-electron chi connectivity index (χ4n) is 2.54. The molecule has 5 heteroatoms. The van der Waals surface area contributed by atoms with E-state index in [1.165, 1.54) is 0 Å². The Hall–Kier alpha value is -2.56. The minimum atomic E-state index is 0.115. The molecule has 0 unspecified atom stereocenters. The second kappa shape index (κ2) is 7.13. The lowest BCUT2D eigenvalue weighted by atomic mass is 10.1. The van der Waals surface area contributed by atoms with E-state index in [2.05, 4.69) is 4.98 Å². The van der Waals surface area contributed by atoms with Crippen LogP contribution in [0.4, 0.5) is 0 Å². The van der Waals surface area contributed by atoms with Crippen LogP contribution in [0, 0.1) is 0 Å². The van der Waals surface area contributed by atoms with Crippen molar-refractivity contribution in [2.45, 2.75) is 19.4 Å². The molecule has 5 nitrogen and oxygen atoms in total. The number of hydrogen-bond acceptors (Lipinski definition) is 4. The van der Waals surface area contributed by atoms with Crippen LogP contribution in [0.2, 0.25) is 0 Å². The van der Waals surface area contributed by atoms with E-state index in [1.807, 2.05) is 37.4 Å². The van der Waals surface area contributed by atoms with Crippen LogP contribution in [0.5, 0.6) is 11.5 Å². The predicted molar refractivity (Wildman–Crippen MR) is 86.5 cm³/mol. The summed E-state index contributed by atoms with van der Waals surface area (Å²) in [5.41, 5.74) is 2.11. The van der Waals surface area contributed by atoms with Crippen LogP contribution in [0.15, 0.2) is 42.7 Å². The highest BCUT2D eigenvalue weighted by molar-refractivity contribution is 5.76. The maximum atomic E-state index is 12.3. The standard InChI is InChI=1S/C18H20N2O3/c1-20(18(21)7-5-14-3-2-8-19-12-14)13-15-4-6-16-17(11-15)23-10-9-22-16/h2-4,6,8,11-12H,5,7,9-10,13H2,1H3. The van der Waals surface area contributed by atoms with E-state index in [4.69, 9.17) is 9.47 Å². The average Bonchev–Trinajstić information content (AvgIpc) is 2.60. The molecule has 0 atom stereocenters. The topological polar surface area (TPSA) is 51.7 Å². The minimum Gasteiger partial charge on any atom is -0.486 e. The Morgan fingerprint density at radius 1 is 1.17 bits per heavy atom. The maximum Gasteiger partial charge on any atom is 0.222 e. The Labute approximate surface area is 135 Å². The Morgan fingerprint density at radius 2 is 2.00 bits per heavy atom. The zero-order valence-electron chi connectivity index (χ0n) is 13.2. The van der Waals surface area contributed by atoms with E-state index >= 15 is 0 Å². The van der Waals surface area contributed by atoms with Crippen molar-refractivity contribution in [3.63, 3.8) is 0 Å². The molecule has 0 bridgehead atoms. The number of amides is 1. The van der Waals surface area contributed by atoms with Crippen molar-refractivity contribution in [1.29, 1.82) is 0 Å². The summed E-state index contributed by atoms with van der Waals surface area (Å²) in [6.07, 6.45) is 4.72. The second-order valence-electron chi connectivity index (χ2n) is 5.59. The summed E-state index contributed by atoms with van der Waals surface area (Å²) in [6, 6.07) is 9.69. The molecule has 1 aromatic heterocycles. The maximum absolute atomic E-state index is 12.3. The van der Waals surface area contributed by atoms with Gasteiger partial charge >= 0.3 is 0 Å². The van der Waals surface area contributed by atoms with Crippen molar-refractivity contribution in [1.82, 2.24) is 9.88 Å². The van der Waals surface area contributed by atoms with Crippen LogP contribution in [0.1, 0.15) is 17.5 Å². The number of benzene rings is 1. The normalized spacial score (nSPS) is 12.7. The first-order valence-electron chi connectivity index (χ1n) is 7.74. The summed E-state index contributed by atoms with van der Waals surface area (Å²) in [6.45, 7) is 1.71. The molecule has 0 aliphatic carbocycles. The van der Waals surface area contributed by atoms with Gasteiger partial charge in [-0.3, -0.25) is 9.78 Å². The van der Waals surface area contributed by atoms with Crippen molar-refractivity contribution in [3.8, 4) is 11.5 Å². The van der Waals surface area contributed by atoms with Crippen molar-refractivity contribution in [3.05, 3.63) is 53.9 Å². The SMILES string of the molecule is CN(Cc1ccc2c(c1)OCCO2)C(=O)CCc1cccnc1. The van der Waals surface area contributed by atoms with Crippen LogP contribution in [0.25, 0.3) is 0 Å². The average molecular weight is 312 g/mol. The summed E-state index contributed by atoms with van der Waals surface area (Å²) in [4.78, 5) is 18.1. The molecule has 1 aromatic carbocycles. The van der Waals surface area contributed by atoms with E-state index in [9.17, 15) is 4.79 Å². The molecule has 0 N–H and O–H groups in total. The van der Waals surface area contributed by atoms with Gasteiger partial charge in [0.05, 0.1) is 0 Å². The van der Waals surface area contributed by atoms with E-state index in [1.54, 1.807) is 17.3 Å². The molecule has 2 heterocycles. The Bertz CT molecular complexity index is 673. The van der Waals surface area contributed by atoms with Gasteiger partial charge in [-0.25, -0.2) is 0 Å². The van der Waals surface area contributed by atoms with Gasteiger partial charge in [-0.1, -0.05) is 12.1 Å². The third-order valence-electron chi connectivity index (χ3n) is 3.80. The zero-order valence-corrected chi connectivity index (χ0v) is 13.2. The number of pyridine rings is 1. The van der Waals surface area contributed by atoms with Gasteiger partial charge in [0.25, 0.3) is 0 Å². The molecule has 0 saturated heterocycles. The molecular weight excluding hydrogens is 292 g/mol. The lowest BCUT2D eigenvalue weighted by Gasteiger charge is -2.21. The third kappa shape index (κ3) is 4.00. The molecule has 0 spiro atoms. The van der Waals surface area contributed by atoms with Gasteiger partial charge in [0.15, 0.2) is 11.5 Å². The van der Waals surface area contributed by atoms with Crippen molar-refractivity contribution >= 4 is 5.91 Å². The Kier molecular flexibility index (Phi) is 4.76. The lowest BCUT2D eigenvalue weighted by Crippen LogP contribution is -2.26. The molecule has 23 heavy (non-hydrogen) atoms. The molecule has 0 fully saturated rings. The molecule has 2 aromatic rings. The van der Waals surface area contributed by atoms with Crippen LogP contribution >= 0.6 is 0 Å². The van der Waals surface area contributed by atoms with Crippen LogP contribution < -0.4 is 9.47 Å². The summed E-state index contributed by atoms with van der Waals surface area (Å²) in [7, 11) is 1.82. The van der Waals surface area contributed by atoms with Crippen molar-refractivity contribution < 1.29 is 14.3 Å². The van der Waals surface area contributed by atoms with Gasteiger partial charge in [-0.05, 0) is 35.7 Å².